The lowest BCUT2D eigenvalue weighted by atomic mass is 9.93. The van der Waals surface area contributed by atoms with Crippen molar-refractivity contribution in [1.82, 2.24) is 19.7 Å². The van der Waals surface area contributed by atoms with Gasteiger partial charge < -0.3 is 24.1 Å². The van der Waals surface area contributed by atoms with Gasteiger partial charge in [-0.2, -0.15) is 5.10 Å². The van der Waals surface area contributed by atoms with Gasteiger partial charge in [0.05, 0.1) is 48.7 Å². The molecule has 0 fully saturated rings. The Morgan fingerprint density at radius 2 is 1.54 bits per heavy atom. The van der Waals surface area contributed by atoms with Gasteiger partial charge in [-0.3, -0.25) is 0 Å². The number of hydrogen-bond acceptors (Lipinski definition) is 8. The van der Waals surface area contributed by atoms with Crippen LogP contribution >= 0.6 is 0 Å². The summed E-state index contributed by atoms with van der Waals surface area (Å²) in [6.45, 7) is 11.7. The lowest BCUT2D eigenvalue weighted by Gasteiger charge is -2.21. The molecule has 0 atom stereocenters. The molecule has 4 rings (SSSR count). The molecular weight excluding hydrogens is 500 g/mol. The van der Waals surface area contributed by atoms with E-state index in [1.807, 2.05) is 53.7 Å². The minimum atomic E-state index is -1.12. The SMILES string of the molecule is COc1cc2nc(Cn3cncn3)c(C(=O)O)c(-c3ccc(OC(C)C)c(OC(C)C)c3)c2cc1OC(C)C. The Morgan fingerprint density at radius 1 is 0.897 bits per heavy atom. The molecular formula is C29H34N4O6. The van der Waals surface area contributed by atoms with E-state index in [1.165, 1.54) is 17.3 Å². The van der Waals surface area contributed by atoms with Crippen LogP contribution in [0.4, 0.5) is 0 Å². The molecule has 206 valence electrons. The second-order valence-electron chi connectivity index (χ2n) is 9.89. The van der Waals surface area contributed by atoms with E-state index in [4.69, 9.17) is 23.9 Å². The normalized spacial score (nSPS) is 11.4. The standard InChI is InChI=1S/C29H34N4O6/c1-16(2)37-23-9-8-19(10-25(23)38-17(3)4)27-20-11-26(39-18(5)6)24(36-7)12-21(20)32-22(28(27)29(34)35)13-33-15-30-14-31-33/h8-12,14-18H,13H2,1-7H3,(H,34,35). The molecule has 0 amide bonds. The fourth-order valence-electron chi connectivity index (χ4n) is 4.30. The molecule has 39 heavy (non-hydrogen) atoms. The van der Waals surface area contributed by atoms with Crippen LogP contribution in [0, 0.1) is 0 Å². The minimum Gasteiger partial charge on any atom is -0.493 e. The average Bonchev–Trinajstić information content (AvgIpc) is 3.36. The van der Waals surface area contributed by atoms with E-state index < -0.39 is 5.97 Å². The van der Waals surface area contributed by atoms with Crippen molar-refractivity contribution in [3.63, 3.8) is 0 Å². The van der Waals surface area contributed by atoms with E-state index in [2.05, 4.69) is 10.1 Å². The van der Waals surface area contributed by atoms with Gasteiger partial charge in [0.15, 0.2) is 23.0 Å². The van der Waals surface area contributed by atoms with Crippen molar-refractivity contribution >= 4 is 16.9 Å². The van der Waals surface area contributed by atoms with Gasteiger partial charge in [-0.15, -0.1) is 0 Å². The molecule has 2 heterocycles. The van der Waals surface area contributed by atoms with Crippen molar-refractivity contribution in [2.24, 2.45) is 0 Å². The molecule has 10 nitrogen and oxygen atoms in total. The number of aromatic nitrogens is 4. The number of ether oxygens (including phenoxy) is 4. The number of methoxy groups -OCH3 is 1. The summed E-state index contributed by atoms with van der Waals surface area (Å²) in [6.07, 6.45) is 2.59. The van der Waals surface area contributed by atoms with Gasteiger partial charge in [0, 0.05) is 17.0 Å². The van der Waals surface area contributed by atoms with Crippen molar-refractivity contribution in [1.29, 1.82) is 0 Å². The van der Waals surface area contributed by atoms with Crippen molar-refractivity contribution in [3.05, 3.63) is 54.2 Å². The summed E-state index contributed by atoms with van der Waals surface area (Å²) in [5.41, 5.74) is 2.03. The maximum atomic E-state index is 12.9. The molecule has 1 N–H and O–H groups in total. The smallest absolute Gasteiger partial charge is 0.338 e. The maximum Gasteiger partial charge on any atom is 0.338 e. The zero-order chi connectivity index (χ0) is 28.3. The number of aromatic carboxylic acids is 1. The van der Waals surface area contributed by atoms with Crippen LogP contribution in [0.1, 0.15) is 57.6 Å². The van der Waals surface area contributed by atoms with Gasteiger partial charge in [-0.05, 0) is 65.3 Å². The van der Waals surface area contributed by atoms with Crippen LogP contribution in [0.5, 0.6) is 23.0 Å². The van der Waals surface area contributed by atoms with E-state index in [0.29, 0.717) is 50.7 Å². The van der Waals surface area contributed by atoms with Gasteiger partial charge in [0.2, 0.25) is 0 Å². The topological polar surface area (TPSA) is 118 Å². The quantitative estimate of drug-likeness (QED) is 0.262. The Hall–Kier alpha value is -4.34. The second-order valence-corrected chi connectivity index (χ2v) is 9.89. The molecule has 2 aromatic carbocycles. The van der Waals surface area contributed by atoms with Crippen LogP contribution in [-0.2, 0) is 6.54 Å². The van der Waals surface area contributed by atoms with E-state index in [-0.39, 0.29) is 30.4 Å². The summed E-state index contributed by atoms with van der Waals surface area (Å²) >= 11 is 0. The third-order valence-electron chi connectivity index (χ3n) is 5.66. The fourth-order valence-corrected chi connectivity index (χ4v) is 4.30. The molecule has 0 saturated carbocycles. The van der Waals surface area contributed by atoms with Crippen LogP contribution in [0.2, 0.25) is 0 Å². The zero-order valence-corrected chi connectivity index (χ0v) is 23.3. The van der Waals surface area contributed by atoms with Crippen LogP contribution < -0.4 is 18.9 Å². The minimum absolute atomic E-state index is 0.0479. The zero-order valence-electron chi connectivity index (χ0n) is 23.3. The largest absolute Gasteiger partial charge is 0.493 e. The number of hydrogen-bond donors (Lipinski definition) is 1. The van der Waals surface area contributed by atoms with Crippen molar-refractivity contribution in [2.45, 2.75) is 66.4 Å². The third-order valence-corrected chi connectivity index (χ3v) is 5.66. The number of carboxylic acid groups (broad SMARTS) is 1. The molecule has 0 radical (unpaired) electrons. The van der Waals surface area contributed by atoms with Crippen LogP contribution in [0.15, 0.2) is 43.0 Å². The van der Waals surface area contributed by atoms with Gasteiger partial charge in [-0.25, -0.2) is 19.4 Å². The van der Waals surface area contributed by atoms with Gasteiger partial charge in [-0.1, -0.05) is 6.07 Å². The molecule has 4 aromatic rings. The number of carboxylic acids is 1. The molecule has 10 heteroatoms. The molecule has 0 bridgehead atoms. The van der Waals surface area contributed by atoms with Crippen molar-refractivity contribution in [2.75, 3.05) is 7.11 Å². The summed E-state index contributed by atoms with van der Waals surface area (Å²) in [5, 5.41) is 15.3. The summed E-state index contributed by atoms with van der Waals surface area (Å²) in [6, 6.07) is 8.99. The first-order valence-electron chi connectivity index (χ1n) is 12.8. The summed E-state index contributed by atoms with van der Waals surface area (Å²) in [7, 11) is 1.56. The number of rotatable bonds is 11. The molecule has 0 aliphatic carbocycles. The number of fused-ring (bicyclic) bond motifs is 1. The van der Waals surface area contributed by atoms with Crippen molar-refractivity contribution < 1.29 is 28.8 Å². The first kappa shape index (κ1) is 27.7. The molecule has 0 aliphatic rings. The lowest BCUT2D eigenvalue weighted by Crippen LogP contribution is -2.14. The predicted molar refractivity (Wildman–Crippen MR) is 147 cm³/mol. The highest BCUT2D eigenvalue weighted by molar-refractivity contribution is 6.08. The highest BCUT2D eigenvalue weighted by atomic mass is 16.5. The van der Waals surface area contributed by atoms with Crippen LogP contribution in [0.3, 0.4) is 0 Å². The molecule has 0 spiro atoms. The Morgan fingerprint density at radius 3 is 2.10 bits per heavy atom. The summed E-state index contributed by atoms with van der Waals surface area (Å²) < 4.78 is 25.2. The fraction of sp³-hybridized carbons (Fsp3) is 0.379. The third kappa shape index (κ3) is 6.22. The Labute approximate surface area is 227 Å². The molecule has 0 aliphatic heterocycles. The highest BCUT2D eigenvalue weighted by Gasteiger charge is 2.25. The van der Waals surface area contributed by atoms with Gasteiger partial charge >= 0.3 is 5.97 Å². The first-order chi connectivity index (χ1) is 18.6. The van der Waals surface area contributed by atoms with Gasteiger partial charge in [0.25, 0.3) is 0 Å². The van der Waals surface area contributed by atoms with E-state index in [0.717, 1.165) is 0 Å². The Balaban J connectivity index is 2.07. The number of benzene rings is 2. The summed E-state index contributed by atoms with van der Waals surface area (Å²) in [4.78, 5) is 21.6. The van der Waals surface area contributed by atoms with Crippen LogP contribution in [0.25, 0.3) is 22.0 Å². The number of pyridine rings is 1. The highest BCUT2D eigenvalue weighted by Crippen LogP contribution is 2.42. The maximum absolute atomic E-state index is 12.9. The van der Waals surface area contributed by atoms with Gasteiger partial charge in [0.1, 0.15) is 12.7 Å². The summed E-state index contributed by atoms with van der Waals surface area (Å²) in [5.74, 6) is 0.954. The van der Waals surface area contributed by atoms with Crippen molar-refractivity contribution in [3.8, 4) is 34.1 Å². The monoisotopic (exact) mass is 534 g/mol. The molecule has 2 aromatic heterocycles. The Bertz CT molecular complexity index is 1460. The number of carbonyl (C=O) groups is 1. The van der Waals surface area contributed by atoms with E-state index in [1.54, 1.807) is 25.3 Å². The lowest BCUT2D eigenvalue weighted by molar-refractivity contribution is 0.0696. The Kier molecular flexibility index (Phi) is 8.23. The first-order valence-corrected chi connectivity index (χ1v) is 12.8. The second kappa shape index (κ2) is 11.6. The molecule has 0 saturated heterocycles. The average molecular weight is 535 g/mol. The molecule has 0 unspecified atom stereocenters. The predicted octanol–water partition coefficient (Wildman–Crippen LogP) is 5.61. The van der Waals surface area contributed by atoms with Crippen LogP contribution in [-0.4, -0.2) is 56.2 Å². The number of nitrogens with zero attached hydrogens (tertiary/aromatic N) is 4. The van der Waals surface area contributed by atoms with E-state index >= 15 is 0 Å². The van der Waals surface area contributed by atoms with E-state index in [9.17, 15) is 9.90 Å².